The molecule has 0 unspecified atom stereocenters. The first-order valence-electron chi connectivity index (χ1n) is 6.86. The number of amides is 1. The van der Waals surface area contributed by atoms with Gasteiger partial charge in [-0.2, -0.15) is 5.10 Å². The van der Waals surface area contributed by atoms with Crippen LogP contribution in [0.3, 0.4) is 0 Å². The number of nitrogens with one attached hydrogen (secondary N) is 1. The fraction of sp³-hybridized carbons (Fsp3) is 0.333. The molecule has 0 saturated carbocycles. The van der Waals surface area contributed by atoms with Gasteiger partial charge in [0.25, 0.3) is 0 Å². The molecule has 2 aromatic rings. The van der Waals surface area contributed by atoms with E-state index in [-0.39, 0.29) is 12.5 Å². The number of carbonyl (C=O) groups is 1. The van der Waals surface area contributed by atoms with E-state index in [0.29, 0.717) is 24.1 Å². The van der Waals surface area contributed by atoms with Gasteiger partial charge in [0.05, 0.1) is 17.8 Å². The molecule has 0 saturated heterocycles. The van der Waals surface area contributed by atoms with Crippen LogP contribution in [0.25, 0.3) is 0 Å². The molecular formula is C15H16ClN3O2. The van der Waals surface area contributed by atoms with E-state index in [0.717, 1.165) is 12.2 Å². The van der Waals surface area contributed by atoms with Gasteiger partial charge in [-0.25, -0.2) is 0 Å². The van der Waals surface area contributed by atoms with Crippen LogP contribution in [-0.4, -0.2) is 28.8 Å². The molecule has 1 aliphatic rings. The van der Waals surface area contributed by atoms with Crippen molar-refractivity contribution in [2.45, 2.75) is 13.0 Å². The highest BCUT2D eigenvalue weighted by Gasteiger charge is 2.19. The second kappa shape index (κ2) is 6.18. The predicted molar refractivity (Wildman–Crippen MR) is 79.4 cm³/mol. The van der Waals surface area contributed by atoms with Crippen LogP contribution in [0, 0.1) is 5.92 Å². The molecule has 0 aliphatic carbocycles. The zero-order valence-corrected chi connectivity index (χ0v) is 12.2. The van der Waals surface area contributed by atoms with Gasteiger partial charge >= 0.3 is 0 Å². The highest BCUT2D eigenvalue weighted by Crippen LogP contribution is 2.26. The fourth-order valence-corrected chi connectivity index (χ4v) is 2.56. The summed E-state index contributed by atoms with van der Waals surface area (Å²) in [7, 11) is 0. The summed E-state index contributed by atoms with van der Waals surface area (Å²) >= 11 is 5.76. The summed E-state index contributed by atoms with van der Waals surface area (Å²) in [4.78, 5) is 11.9. The van der Waals surface area contributed by atoms with Crippen molar-refractivity contribution in [3.8, 4) is 5.75 Å². The van der Waals surface area contributed by atoms with Crippen molar-refractivity contribution in [3.63, 3.8) is 0 Å². The van der Waals surface area contributed by atoms with Crippen molar-refractivity contribution >= 4 is 17.5 Å². The molecule has 0 radical (unpaired) electrons. The first kappa shape index (κ1) is 13.9. The smallest absolute Gasteiger partial charge is 0.241 e. The lowest BCUT2D eigenvalue weighted by Gasteiger charge is -2.25. The van der Waals surface area contributed by atoms with Crippen LogP contribution in [0.1, 0.15) is 5.56 Å². The molecule has 1 aliphatic heterocycles. The Bertz CT molecular complexity index is 641. The SMILES string of the molecule is O=C(Cn1cc(Cl)cn1)NC[C@H]1COc2ccccc2C1. The van der Waals surface area contributed by atoms with Crippen molar-refractivity contribution in [2.75, 3.05) is 13.2 Å². The summed E-state index contributed by atoms with van der Waals surface area (Å²) in [5.74, 6) is 1.17. The van der Waals surface area contributed by atoms with Gasteiger partial charge in [-0.3, -0.25) is 9.48 Å². The second-order valence-corrected chi connectivity index (χ2v) is 5.59. The summed E-state index contributed by atoms with van der Waals surface area (Å²) in [6.07, 6.45) is 4.06. The van der Waals surface area contributed by atoms with E-state index in [9.17, 15) is 4.79 Å². The Labute approximate surface area is 127 Å². The molecule has 5 nitrogen and oxygen atoms in total. The van der Waals surface area contributed by atoms with Gasteiger partial charge in [0.2, 0.25) is 5.91 Å². The largest absolute Gasteiger partial charge is 0.493 e. The molecule has 0 bridgehead atoms. The highest BCUT2D eigenvalue weighted by molar-refractivity contribution is 6.30. The zero-order chi connectivity index (χ0) is 14.7. The number of para-hydroxylation sites is 1. The molecule has 1 amide bonds. The van der Waals surface area contributed by atoms with Gasteiger partial charge in [-0.05, 0) is 18.1 Å². The topological polar surface area (TPSA) is 56.2 Å². The minimum absolute atomic E-state index is 0.0753. The van der Waals surface area contributed by atoms with E-state index in [2.05, 4.69) is 16.5 Å². The normalized spacial score (nSPS) is 16.9. The Hall–Kier alpha value is -2.01. The first-order chi connectivity index (χ1) is 10.2. The predicted octanol–water partition coefficient (Wildman–Crippen LogP) is 1.90. The average Bonchev–Trinajstić information content (AvgIpc) is 2.90. The molecule has 0 fully saturated rings. The average molecular weight is 306 g/mol. The zero-order valence-electron chi connectivity index (χ0n) is 11.5. The Morgan fingerprint density at radius 3 is 3.14 bits per heavy atom. The quantitative estimate of drug-likeness (QED) is 0.938. The number of halogens is 1. The summed E-state index contributed by atoms with van der Waals surface area (Å²) in [6.45, 7) is 1.41. The minimum Gasteiger partial charge on any atom is -0.493 e. The third kappa shape index (κ3) is 3.55. The van der Waals surface area contributed by atoms with Crippen molar-refractivity contribution < 1.29 is 9.53 Å². The number of hydrogen-bond acceptors (Lipinski definition) is 3. The van der Waals surface area contributed by atoms with Gasteiger partial charge in [-0.1, -0.05) is 29.8 Å². The molecular weight excluding hydrogens is 290 g/mol. The molecule has 1 aromatic carbocycles. The lowest BCUT2D eigenvalue weighted by atomic mass is 9.97. The van der Waals surface area contributed by atoms with Crippen molar-refractivity contribution in [3.05, 3.63) is 47.2 Å². The highest BCUT2D eigenvalue weighted by atomic mass is 35.5. The third-order valence-electron chi connectivity index (χ3n) is 3.45. The summed E-state index contributed by atoms with van der Waals surface area (Å²) < 4.78 is 7.22. The molecule has 1 atom stereocenters. The van der Waals surface area contributed by atoms with Gasteiger partial charge in [0.1, 0.15) is 12.3 Å². The number of carbonyl (C=O) groups excluding carboxylic acids is 1. The Morgan fingerprint density at radius 1 is 1.48 bits per heavy atom. The van der Waals surface area contributed by atoms with Crippen LogP contribution in [0.15, 0.2) is 36.7 Å². The van der Waals surface area contributed by atoms with E-state index in [1.54, 1.807) is 6.20 Å². The van der Waals surface area contributed by atoms with Gasteiger partial charge in [0.15, 0.2) is 0 Å². The van der Waals surface area contributed by atoms with Crippen LogP contribution < -0.4 is 10.1 Å². The Kier molecular flexibility index (Phi) is 4.10. The maximum Gasteiger partial charge on any atom is 0.241 e. The number of fused-ring (bicyclic) bond motifs is 1. The van der Waals surface area contributed by atoms with Crippen LogP contribution in [-0.2, 0) is 17.8 Å². The second-order valence-electron chi connectivity index (χ2n) is 5.15. The minimum atomic E-state index is -0.0753. The number of hydrogen-bond donors (Lipinski definition) is 1. The van der Waals surface area contributed by atoms with E-state index >= 15 is 0 Å². The van der Waals surface area contributed by atoms with Gasteiger partial charge in [0, 0.05) is 18.7 Å². The molecule has 0 spiro atoms. The molecule has 21 heavy (non-hydrogen) atoms. The number of benzene rings is 1. The molecule has 6 heteroatoms. The molecule has 3 rings (SSSR count). The number of nitrogens with zero attached hydrogens (tertiary/aromatic N) is 2. The van der Waals surface area contributed by atoms with Crippen molar-refractivity contribution in [2.24, 2.45) is 5.92 Å². The Morgan fingerprint density at radius 2 is 2.33 bits per heavy atom. The van der Waals surface area contributed by atoms with E-state index in [4.69, 9.17) is 16.3 Å². The van der Waals surface area contributed by atoms with Gasteiger partial charge in [-0.15, -0.1) is 0 Å². The summed E-state index contributed by atoms with van der Waals surface area (Å²) in [5, 5.41) is 7.43. The third-order valence-corrected chi connectivity index (χ3v) is 3.65. The first-order valence-corrected chi connectivity index (χ1v) is 7.24. The lowest BCUT2D eigenvalue weighted by molar-refractivity contribution is -0.122. The lowest BCUT2D eigenvalue weighted by Crippen LogP contribution is -2.36. The van der Waals surface area contributed by atoms with Crippen LogP contribution in [0.2, 0.25) is 5.02 Å². The van der Waals surface area contributed by atoms with Crippen LogP contribution in [0.4, 0.5) is 0 Å². The molecule has 1 aromatic heterocycles. The van der Waals surface area contributed by atoms with E-state index < -0.39 is 0 Å². The molecule has 1 N–H and O–H groups in total. The fourth-order valence-electron chi connectivity index (χ4n) is 2.41. The molecule has 2 heterocycles. The standard InChI is InChI=1S/C15H16ClN3O2/c16-13-7-18-19(8-13)9-15(20)17-6-11-5-12-3-1-2-4-14(12)21-10-11/h1-4,7-8,11H,5-6,9-10H2,(H,17,20)/t11-/m0/s1. The van der Waals surface area contributed by atoms with E-state index in [1.165, 1.54) is 16.4 Å². The van der Waals surface area contributed by atoms with Crippen molar-refractivity contribution in [1.82, 2.24) is 15.1 Å². The van der Waals surface area contributed by atoms with Crippen LogP contribution in [0.5, 0.6) is 5.75 Å². The van der Waals surface area contributed by atoms with E-state index in [1.807, 2.05) is 18.2 Å². The molecule has 110 valence electrons. The number of aromatic nitrogens is 2. The Balaban J connectivity index is 1.49. The maximum atomic E-state index is 11.9. The number of rotatable bonds is 4. The number of ether oxygens (including phenoxy) is 1. The van der Waals surface area contributed by atoms with Crippen LogP contribution >= 0.6 is 11.6 Å². The van der Waals surface area contributed by atoms with Gasteiger partial charge < -0.3 is 10.1 Å². The maximum absolute atomic E-state index is 11.9. The van der Waals surface area contributed by atoms with Crippen molar-refractivity contribution in [1.29, 1.82) is 0 Å². The summed E-state index contributed by atoms with van der Waals surface area (Å²) in [6, 6.07) is 8.02. The summed E-state index contributed by atoms with van der Waals surface area (Å²) in [5.41, 5.74) is 1.20. The monoisotopic (exact) mass is 305 g/mol.